The Morgan fingerprint density at radius 3 is 2.59 bits per heavy atom. The molecule has 1 fully saturated rings. The third-order valence-electron chi connectivity index (χ3n) is 4.94. The van der Waals surface area contributed by atoms with E-state index >= 15 is 0 Å². The lowest BCUT2D eigenvalue weighted by Gasteiger charge is -2.35. The number of nitrogens with one attached hydrogen (secondary N) is 2. The van der Waals surface area contributed by atoms with E-state index in [4.69, 9.17) is 15.2 Å². The molecule has 9 nitrogen and oxygen atoms in total. The molecule has 0 spiro atoms. The molecule has 1 atom stereocenters. The second-order valence-corrected chi connectivity index (χ2v) is 8.65. The molecule has 0 saturated carbocycles. The molecule has 2 heterocycles. The number of nitrogen functional groups attached to an aromatic ring is 1. The van der Waals surface area contributed by atoms with E-state index in [1.54, 1.807) is 58.3 Å². The number of pyridine rings is 1. The van der Waals surface area contributed by atoms with E-state index in [1.807, 2.05) is 6.07 Å². The van der Waals surface area contributed by atoms with E-state index in [2.05, 4.69) is 15.6 Å². The number of rotatable bonds is 5. The average molecular weight is 442 g/mol. The first kappa shape index (κ1) is 23.2. The van der Waals surface area contributed by atoms with Crippen LogP contribution in [0.2, 0.25) is 0 Å². The van der Waals surface area contributed by atoms with Crippen LogP contribution in [0, 0.1) is 0 Å². The minimum absolute atomic E-state index is 0.303. The molecule has 1 aromatic carbocycles. The minimum Gasteiger partial charge on any atom is -0.457 e. The maximum atomic E-state index is 13.0. The van der Waals surface area contributed by atoms with Crippen LogP contribution >= 0.6 is 0 Å². The summed E-state index contributed by atoms with van der Waals surface area (Å²) in [6, 6.07) is 8.03. The molecule has 32 heavy (non-hydrogen) atoms. The standard InChI is InChI=1S/C23H31N5O4/c1-23(2,3)32-22(30)28-12-6-5-7-19(28)21(29)27-20-14-16(10-11-26-20)31-15-8-9-18(25-4)17(24)13-15/h8-11,13-14,19,25H,5-7,12,24H2,1-4H3,(H,26,27,29). The molecule has 3 rings (SSSR count). The van der Waals surface area contributed by atoms with Crippen LogP contribution in [-0.4, -0.2) is 47.1 Å². The van der Waals surface area contributed by atoms with E-state index in [0.717, 1.165) is 18.5 Å². The smallest absolute Gasteiger partial charge is 0.410 e. The van der Waals surface area contributed by atoms with Crippen LogP contribution in [0.25, 0.3) is 0 Å². The number of nitrogens with two attached hydrogens (primary N) is 1. The topological polar surface area (TPSA) is 119 Å². The molecule has 1 saturated heterocycles. The summed E-state index contributed by atoms with van der Waals surface area (Å²) in [4.78, 5) is 31.3. The van der Waals surface area contributed by atoms with Crippen LogP contribution in [-0.2, 0) is 9.53 Å². The number of carbonyl (C=O) groups excluding carboxylic acids is 2. The first-order valence-electron chi connectivity index (χ1n) is 10.7. The van der Waals surface area contributed by atoms with Crippen molar-refractivity contribution in [3.8, 4) is 11.5 Å². The minimum atomic E-state index is -0.627. The molecular weight excluding hydrogens is 410 g/mol. The Kier molecular flexibility index (Phi) is 7.07. The lowest BCUT2D eigenvalue weighted by Crippen LogP contribution is -2.51. The molecule has 0 bridgehead atoms. The fraction of sp³-hybridized carbons (Fsp3) is 0.435. The van der Waals surface area contributed by atoms with Crippen molar-refractivity contribution < 1.29 is 19.1 Å². The number of piperidine rings is 1. The highest BCUT2D eigenvalue weighted by molar-refractivity contribution is 5.96. The molecule has 2 amide bonds. The number of anilines is 3. The largest absolute Gasteiger partial charge is 0.457 e. The molecule has 9 heteroatoms. The lowest BCUT2D eigenvalue weighted by molar-refractivity contribution is -0.122. The number of hydrogen-bond acceptors (Lipinski definition) is 7. The van der Waals surface area contributed by atoms with Gasteiger partial charge in [0.25, 0.3) is 0 Å². The lowest BCUT2D eigenvalue weighted by atomic mass is 10.0. The van der Waals surface area contributed by atoms with Crippen molar-refractivity contribution in [2.45, 2.75) is 51.7 Å². The Morgan fingerprint density at radius 1 is 1.16 bits per heavy atom. The van der Waals surface area contributed by atoms with Gasteiger partial charge in [-0.2, -0.15) is 0 Å². The Hall–Kier alpha value is -3.49. The van der Waals surface area contributed by atoms with Crippen molar-refractivity contribution in [1.82, 2.24) is 9.88 Å². The van der Waals surface area contributed by atoms with Crippen LogP contribution in [0.4, 0.5) is 22.0 Å². The van der Waals surface area contributed by atoms with E-state index in [9.17, 15) is 9.59 Å². The van der Waals surface area contributed by atoms with Crippen molar-refractivity contribution >= 4 is 29.2 Å². The number of benzene rings is 1. The second-order valence-electron chi connectivity index (χ2n) is 8.65. The third kappa shape index (κ3) is 6.03. The molecule has 1 aliphatic heterocycles. The number of amides is 2. The van der Waals surface area contributed by atoms with Gasteiger partial charge in [0.2, 0.25) is 5.91 Å². The number of aromatic nitrogens is 1. The summed E-state index contributed by atoms with van der Waals surface area (Å²) >= 11 is 0. The van der Waals surface area contributed by atoms with E-state index < -0.39 is 17.7 Å². The maximum Gasteiger partial charge on any atom is 0.410 e. The zero-order valence-electron chi connectivity index (χ0n) is 19.0. The molecule has 2 aromatic rings. The van der Waals surface area contributed by atoms with Gasteiger partial charge in [0.05, 0.1) is 11.4 Å². The Morgan fingerprint density at radius 2 is 1.91 bits per heavy atom. The number of likely N-dealkylation sites (tertiary alicyclic amines) is 1. The molecule has 1 unspecified atom stereocenters. The zero-order chi connectivity index (χ0) is 23.3. The fourth-order valence-electron chi connectivity index (χ4n) is 3.46. The third-order valence-corrected chi connectivity index (χ3v) is 4.94. The first-order chi connectivity index (χ1) is 15.2. The summed E-state index contributed by atoms with van der Waals surface area (Å²) in [5.74, 6) is 1.10. The van der Waals surface area contributed by atoms with Crippen molar-refractivity contribution in [3.63, 3.8) is 0 Å². The number of hydrogen-bond donors (Lipinski definition) is 3. The van der Waals surface area contributed by atoms with Crippen molar-refractivity contribution in [1.29, 1.82) is 0 Å². The van der Waals surface area contributed by atoms with Gasteiger partial charge in [-0.3, -0.25) is 9.69 Å². The molecular formula is C23H31N5O4. The molecule has 4 N–H and O–H groups in total. The summed E-state index contributed by atoms with van der Waals surface area (Å²) < 4.78 is 11.3. The van der Waals surface area contributed by atoms with Gasteiger partial charge in [0.1, 0.15) is 29.0 Å². The predicted octanol–water partition coefficient (Wildman–Crippen LogP) is 4.23. The van der Waals surface area contributed by atoms with Crippen LogP contribution < -0.4 is 21.1 Å². The number of ether oxygens (including phenoxy) is 2. The highest BCUT2D eigenvalue weighted by Crippen LogP contribution is 2.29. The molecule has 1 aromatic heterocycles. The Bertz CT molecular complexity index is 973. The van der Waals surface area contributed by atoms with Gasteiger partial charge in [0.15, 0.2) is 0 Å². The number of carbonyl (C=O) groups is 2. The Labute approximate surface area is 188 Å². The summed E-state index contributed by atoms with van der Waals surface area (Å²) in [6.45, 7) is 5.89. The predicted molar refractivity (Wildman–Crippen MR) is 124 cm³/mol. The summed E-state index contributed by atoms with van der Waals surface area (Å²) in [6.07, 6.45) is 3.32. The van der Waals surface area contributed by atoms with Crippen molar-refractivity contribution in [2.75, 3.05) is 30.0 Å². The molecule has 0 aliphatic carbocycles. The van der Waals surface area contributed by atoms with E-state index in [-0.39, 0.29) is 5.91 Å². The van der Waals surface area contributed by atoms with E-state index in [0.29, 0.717) is 36.0 Å². The Balaban J connectivity index is 1.69. The normalized spacial score (nSPS) is 16.2. The van der Waals surface area contributed by atoms with Gasteiger partial charge in [-0.25, -0.2) is 9.78 Å². The van der Waals surface area contributed by atoms with Gasteiger partial charge in [-0.1, -0.05) is 0 Å². The van der Waals surface area contributed by atoms with Crippen LogP contribution in [0.3, 0.4) is 0 Å². The van der Waals surface area contributed by atoms with Crippen LogP contribution in [0.1, 0.15) is 40.0 Å². The summed E-state index contributed by atoms with van der Waals surface area (Å²) in [5, 5.41) is 5.80. The SMILES string of the molecule is CNc1ccc(Oc2ccnc(NC(=O)C3CCCCN3C(=O)OC(C)(C)C)c2)cc1N. The summed E-state index contributed by atoms with van der Waals surface area (Å²) in [5.41, 5.74) is 6.73. The van der Waals surface area contributed by atoms with Crippen molar-refractivity contribution in [3.05, 3.63) is 36.5 Å². The molecule has 1 aliphatic rings. The van der Waals surface area contributed by atoms with Crippen LogP contribution in [0.5, 0.6) is 11.5 Å². The maximum absolute atomic E-state index is 13.0. The van der Waals surface area contributed by atoms with Gasteiger partial charge in [-0.05, 0) is 58.2 Å². The number of nitrogens with zero attached hydrogens (tertiary/aromatic N) is 2. The van der Waals surface area contributed by atoms with Gasteiger partial charge < -0.3 is 25.8 Å². The molecule has 0 radical (unpaired) electrons. The quantitative estimate of drug-likeness (QED) is 0.594. The van der Waals surface area contributed by atoms with Crippen LogP contribution in [0.15, 0.2) is 36.5 Å². The van der Waals surface area contributed by atoms with Gasteiger partial charge in [0, 0.05) is 31.9 Å². The monoisotopic (exact) mass is 441 g/mol. The zero-order valence-corrected chi connectivity index (χ0v) is 19.0. The van der Waals surface area contributed by atoms with Gasteiger partial charge >= 0.3 is 6.09 Å². The van der Waals surface area contributed by atoms with E-state index in [1.165, 1.54) is 4.90 Å². The average Bonchev–Trinajstić information content (AvgIpc) is 2.73. The first-order valence-corrected chi connectivity index (χ1v) is 10.7. The fourth-order valence-corrected chi connectivity index (χ4v) is 3.46. The second kappa shape index (κ2) is 9.76. The highest BCUT2D eigenvalue weighted by Gasteiger charge is 2.35. The highest BCUT2D eigenvalue weighted by atomic mass is 16.6. The molecule has 172 valence electrons. The van der Waals surface area contributed by atoms with Crippen molar-refractivity contribution in [2.24, 2.45) is 0 Å². The van der Waals surface area contributed by atoms with Gasteiger partial charge in [-0.15, -0.1) is 0 Å². The summed E-state index contributed by atoms with van der Waals surface area (Å²) in [7, 11) is 1.79.